The van der Waals surface area contributed by atoms with Crippen molar-refractivity contribution in [2.75, 3.05) is 19.1 Å². The van der Waals surface area contributed by atoms with E-state index in [9.17, 15) is 14.4 Å². The normalized spacial score (nSPS) is 11.1. The smallest absolute Gasteiger partial charge is 0.341 e. The van der Waals surface area contributed by atoms with Crippen molar-refractivity contribution in [2.45, 2.75) is 34.2 Å². The Morgan fingerprint density at radius 2 is 1.77 bits per heavy atom. The molecule has 0 aromatic heterocycles. The van der Waals surface area contributed by atoms with Crippen molar-refractivity contribution in [2.24, 2.45) is 5.92 Å². The number of ether oxygens (including phenoxy) is 1. The molecule has 0 bridgehead atoms. The maximum atomic E-state index is 12.8. The summed E-state index contributed by atoms with van der Waals surface area (Å²) in [6, 6.07) is 11.3. The van der Waals surface area contributed by atoms with Gasteiger partial charge in [0.2, 0.25) is 0 Å². The average Bonchev–Trinajstić information content (AvgIpc) is 2.82. The summed E-state index contributed by atoms with van der Waals surface area (Å²) >= 11 is 5.89. The van der Waals surface area contributed by atoms with Crippen molar-refractivity contribution in [3.05, 3.63) is 69.8 Å². The van der Waals surface area contributed by atoms with Gasteiger partial charge in [-0.15, -0.1) is 5.53 Å². The number of amides is 4. The van der Waals surface area contributed by atoms with Crippen molar-refractivity contribution < 1.29 is 19.1 Å². The molecule has 4 N–H and O–H groups in total. The number of nitrogens with zero attached hydrogens (tertiary/aromatic N) is 1. The minimum atomic E-state index is -0.750. The van der Waals surface area contributed by atoms with Crippen molar-refractivity contribution >= 4 is 41.4 Å². The second-order valence-electron chi connectivity index (χ2n) is 8.29. The molecule has 4 amide bonds. The lowest BCUT2D eigenvalue weighted by molar-refractivity contribution is -0.144. The highest BCUT2D eigenvalue weighted by Gasteiger charge is 2.26. The topological polar surface area (TPSA) is 112 Å². The van der Waals surface area contributed by atoms with Gasteiger partial charge in [-0.2, -0.15) is 0 Å². The first-order valence-electron chi connectivity index (χ1n) is 11.0. The molecule has 0 saturated carbocycles. The molecule has 0 spiro atoms. The number of hydrogen-bond acceptors (Lipinski definition) is 6. The Kier molecular flexibility index (Phi) is 10.6. The predicted octanol–water partition coefficient (Wildman–Crippen LogP) is 4.63. The zero-order chi connectivity index (χ0) is 26.0. The van der Waals surface area contributed by atoms with E-state index in [1.807, 2.05) is 39.0 Å². The van der Waals surface area contributed by atoms with Gasteiger partial charge in [0.15, 0.2) is 0 Å². The van der Waals surface area contributed by atoms with Crippen LogP contribution in [0.1, 0.15) is 37.5 Å². The minimum absolute atomic E-state index is 0.176. The Morgan fingerprint density at radius 1 is 1.09 bits per heavy atom. The molecule has 35 heavy (non-hydrogen) atoms. The summed E-state index contributed by atoms with van der Waals surface area (Å²) in [7, 11) is 1.25. The molecule has 1 atom stereocenters. The third kappa shape index (κ3) is 8.95. The van der Waals surface area contributed by atoms with E-state index in [0.29, 0.717) is 5.02 Å². The summed E-state index contributed by atoms with van der Waals surface area (Å²) in [5.41, 5.74) is 12.8. The van der Waals surface area contributed by atoms with Gasteiger partial charge in [-0.05, 0) is 61.7 Å². The van der Waals surface area contributed by atoms with Gasteiger partial charge in [0.25, 0.3) is 0 Å². The van der Waals surface area contributed by atoms with Gasteiger partial charge in [-0.3, -0.25) is 10.2 Å². The van der Waals surface area contributed by atoms with Crippen molar-refractivity contribution in [3.8, 4) is 0 Å². The molecule has 2 rings (SSSR count). The molecule has 0 fully saturated rings. The Bertz CT molecular complexity index is 1070. The van der Waals surface area contributed by atoms with Crippen LogP contribution in [0.15, 0.2) is 48.0 Å². The lowest BCUT2D eigenvalue weighted by atomic mass is 10.1. The standard InChI is InChI=1S/C25H32ClN5O4/c1-16(2)12-20-8-11-22(13-17(20)3)28-30-29-25(34)31(15-18(4)23(32)35-5)24(33)27-14-19-6-9-21(26)10-7-19/h6-13,18,28,30H,14-15H2,1-5H3,(H,27,33)(H,29,34)/t18-/m0/s1. The number of hydrogen-bond donors (Lipinski definition) is 4. The van der Waals surface area contributed by atoms with Gasteiger partial charge in [0.1, 0.15) is 0 Å². The number of anilines is 1. The number of allylic oxidation sites excluding steroid dienone is 1. The van der Waals surface area contributed by atoms with Gasteiger partial charge in [0.05, 0.1) is 18.7 Å². The van der Waals surface area contributed by atoms with Crippen molar-refractivity contribution in [1.82, 2.24) is 21.2 Å². The first-order chi connectivity index (χ1) is 16.6. The zero-order valence-electron chi connectivity index (χ0n) is 20.6. The number of methoxy groups -OCH3 is 1. The van der Waals surface area contributed by atoms with E-state index in [4.69, 9.17) is 16.3 Å². The summed E-state index contributed by atoms with van der Waals surface area (Å²) in [4.78, 5) is 38.4. The second kappa shape index (κ2) is 13.4. The summed E-state index contributed by atoms with van der Waals surface area (Å²) in [5, 5.41) is 3.25. The first-order valence-corrected chi connectivity index (χ1v) is 11.4. The third-order valence-corrected chi connectivity index (χ3v) is 5.25. The van der Waals surface area contributed by atoms with Crippen LogP contribution in [0.5, 0.6) is 0 Å². The fourth-order valence-electron chi connectivity index (χ4n) is 3.13. The highest BCUT2D eigenvalue weighted by molar-refractivity contribution is 6.30. The summed E-state index contributed by atoms with van der Waals surface area (Å²) < 4.78 is 4.72. The van der Waals surface area contributed by atoms with Gasteiger partial charge in [-0.25, -0.2) is 14.5 Å². The Morgan fingerprint density at radius 3 is 2.37 bits per heavy atom. The molecule has 9 nitrogen and oxygen atoms in total. The maximum absolute atomic E-state index is 12.8. The van der Waals surface area contributed by atoms with E-state index in [-0.39, 0.29) is 13.1 Å². The molecular formula is C25H32ClN5O4. The molecule has 2 aromatic rings. The second-order valence-corrected chi connectivity index (χ2v) is 8.73. The highest BCUT2D eigenvalue weighted by Crippen LogP contribution is 2.17. The molecular weight excluding hydrogens is 470 g/mol. The quantitative estimate of drug-likeness (QED) is 0.294. The maximum Gasteiger partial charge on any atom is 0.341 e. The van der Waals surface area contributed by atoms with Gasteiger partial charge >= 0.3 is 18.0 Å². The van der Waals surface area contributed by atoms with E-state index in [1.165, 1.54) is 12.7 Å². The highest BCUT2D eigenvalue weighted by atomic mass is 35.5. The van der Waals surface area contributed by atoms with Crippen LogP contribution >= 0.6 is 11.6 Å². The molecule has 0 saturated heterocycles. The largest absolute Gasteiger partial charge is 0.469 e. The number of aryl methyl sites for hydroxylation is 1. The van der Waals surface area contributed by atoms with Crippen molar-refractivity contribution in [3.63, 3.8) is 0 Å². The zero-order valence-corrected chi connectivity index (χ0v) is 21.3. The van der Waals surface area contributed by atoms with Gasteiger partial charge in [0, 0.05) is 18.1 Å². The molecule has 0 aliphatic rings. The number of halogens is 1. The fraction of sp³-hybridized carbons (Fsp3) is 0.320. The van der Waals surface area contributed by atoms with Crippen LogP contribution in [0.4, 0.5) is 15.3 Å². The Balaban J connectivity index is 2.02. The van der Waals surface area contributed by atoms with Crippen LogP contribution in [0.25, 0.3) is 6.08 Å². The van der Waals surface area contributed by atoms with Crippen molar-refractivity contribution in [1.29, 1.82) is 0 Å². The molecule has 0 radical (unpaired) electrons. The van der Waals surface area contributed by atoms with E-state index >= 15 is 0 Å². The number of hydrazine groups is 2. The average molecular weight is 502 g/mol. The van der Waals surface area contributed by atoms with Gasteiger partial charge < -0.3 is 15.5 Å². The van der Waals surface area contributed by atoms with Crippen LogP contribution in [0.2, 0.25) is 5.02 Å². The van der Waals surface area contributed by atoms with Crippen LogP contribution in [0.3, 0.4) is 0 Å². The number of imide groups is 1. The number of benzene rings is 2. The first kappa shape index (κ1) is 27.7. The minimum Gasteiger partial charge on any atom is -0.469 e. The van der Waals surface area contributed by atoms with E-state index < -0.39 is 23.9 Å². The SMILES string of the molecule is COC(=O)[C@@H](C)CN(C(=O)NCc1ccc(Cl)cc1)C(=O)NNNc1ccc(C=C(C)C)c(C)c1. The lowest BCUT2D eigenvalue weighted by Gasteiger charge is -2.24. The number of urea groups is 2. The predicted molar refractivity (Wildman–Crippen MR) is 137 cm³/mol. The van der Waals surface area contributed by atoms with Crippen LogP contribution in [0, 0.1) is 12.8 Å². The number of nitrogens with one attached hydrogen (secondary N) is 4. The van der Waals surface area contributed by atoms with E-state index in [0.717, 1.165) is 27.3 Å². The molecule has 0 unspecified atom stereocenters. The van der Waals surface area contributed by atoms with E-state index in [2.05, 4.69) is 27.8 Å². The molecule has 2 aromatic carbocycles. The molecule has 10 heteroatoms. The number of esters is 1. The molecule has 188 valence electrons. The molecule has 0 aliphatic heterocycles. The number of rotatable bonds is 9. The summed E-state index contributed by atoms with van der Waals surface area (Å²) in [6.07, 6.45) is 2.08. The summed E-state index contributed by atoms with van der Waals surface area (Å²) in [6.45, 7) is 7.61. The molecule has 0 heterocycles. The van der Waals surface area contributed by atoms with Crippen LogP contribution < -0.4 is 21.7 Å². The Hall–Kier alpha value is -3.56. The Labute approximate surface area is 210 Å². The molecule has 0 aliphatic carbocycles. The van der Waals surface area contributed by atoms with Gasteiger partial charge in [-0.1, -0.05) is 48.4 Å². The monoisotopic (exact) mass is 501 g/mol. The van der Waals surface area contributed by atoms with Crippen LogP contribution in [-0.4, -0.2) is 36.6 Å². The summed E-state index contributed by atoms with van der Waals surface area (Å²) in [5.74, 6) is -1.25. The van der Waals surface area contributed by atoms with Crippen LogP contribution in [-0.2, 0) is 16.1 Å². The number of carbonyl (C=O) groups excluding carboxylic acids is 3. The van der Waals surface area contributed by atoms with E-state index in [1.54, 1.807) is 31.2 Å². The number of carbonyl (C=O) groups is 3. The fourth-order valence-corrected chi connectivity index (χ4v) is 3.26. The lowest BCUT2D eigenvalue weighted by Crippen LogP contribution is -2.54. The third-order valence-electron chi connectivity index (χ3n) is 5.00.